The second kappa shape index (κ2) is 7.74. The molecule has 0 radical (unpaired) electrons. The van der Waals surface area contributed by atoms with Gasteiger partial charge in [-0.05, 0) is 32.1 Å². The molecular formula is C14H30N2O2. The van der Waals surface area contributed by atoms with Crippen molar-refractivity contribution < 1.29 is 9.53 Å². The van der Waals surface area contributed by atoms with Crippen LogP contribution >= 0.6 is 0 Å². The van der Waals surface area contributed by atoms with Crippen LogP contribution in [0.4, 0.5) is 0 Å². The number of nitrogens with one attached hydrogen (secondary N) is 1. The SMILES string of the molecule is CCC(C)(C)CCOC(C)(C)CCNC(=O)CN. The highest BCUT2D eigenvalue weighted by Crippen LogP contribution is 2.25. The van der Waals surface area contributed by atoms with Crippen molar-refractivity contribution in [3.8, 4) is 0 Å². The Hall–Kier alpha value is -0.610. The first-order valence-corrected chi connectivity index (χ1v) is 6.83. The summed E-state index contributed by atoms with van der Waals surface area (Å²) in [5.74, 6) is -0.113. The lowest BCUT2D eigenvalue weighted by Gasteiger charge is -2.29. The monoisotopic (exact) mass is 258 g/mol. The van der Waals surface area contributed by atoms with Gasteiger partial charge in [0.15, 0.2) is 0 Å². The summed E-state index contributed by atoms with van der Waals surface area (Å²) >= 11 is 0. The Morgan fingerprint density at radius 2 is 1.83 bits per heavy atom. The van der Waals surface area contributed by atoms with Crippen LogP contribution in [0.25, 0.3) is 0 Å². The molecule has 3 N–H and O–H groups in total. The lowest BCUT2D eigenvalue weighted by molar-refractivity contribution is -0.120. The van der Waals surface area contributed by atoms with E-state index in [1.807, 2.05) is 0 Å². The van der Waals surface area contributed by atoms with Crippen LogP contribution in [0.3, 0.4) is 0 Å². The number of carbonyl (C=O) groups excluding carboxylic acids is 1. The second-order valence-corrected chi connectivity index (χ2v) is 6.18. The molecule has 0 fully saturated rings. The fourth-order valence-electron chi connectivity index (χ4n) is 1.43. The first-order valence-electron chi connectivity index (χ1n) is 6.83. The number of nitrogens with two attached hydrogens (primary N) is 1. The molecule has 4 heteroatoms. The maximum Gasteiger partial charge on any atom is 0.233 e. The Morgan fingerprint density at radius 1 is 1.22 bits per heavy atom. The molecule has 0 rings (SSSR count). The number of hydrogen-bond acceptors (Lipinski definition) is 3. The van der Waals surface area contributed by atoms with Gasteiger partial charge in [0.2, 0.25) is 5.91 Å². The maximum absolute atomic E-state index is 11.0. The lowest BCUT2D eigenvalue weighted by atomic mass is 9.87. The van der Waals surface area contributed by atoms with Crippen molar-refractivity contribution in [2.24, 2.45) is 11.1 Å². The quantitative estimate of drug-likeness (QED) is 0.665. The van der Waals surface area contributed by atoms with Gasteiger partial charge in [0.05, 0.1) is 12.1 Å². The van der Waals surface area contributed by atoms with E-state index in [-0.39, 0.29) is 18.1 Å². The first-order chi connectivity index (χ1) is 8.22. The molecule has 0 bridgehead atoms. The minimum atomic E-state index is -0.203. The zero-order valence-corrected chi connectivity index (χ0v) is 12.6. The molecule has 0 heterocycles. The minimum absolute atomic E-state index is 0.0476. The van der Waals surface area contributed by atoms with E-state index >= 15 is 0 Å². The molecule has 4 nitrogen and oxygen atoms in total. The van der Waals surface area contributed by atoms with Crippen molar-refractivity contribution >= 4 is 5.91 Å². The smallest absolute Gasteiger partial charge is 0.233 e. The third-order valence-corrected chi connectivity index (χ3v) is 3.46. The van der Waals surface area contributed by atoms with Crippen LogP contribution < -0.4 is 11.1 Å². The van der Waals surface area contributed by atoms with Gasteiger partial charge in [0, 0.05) is 13.2 Å². The van der Waals surface area contributed by atoms with E-state index in [1.165, 1.54) is 0 Å². The van der Waals surface area contributed by atoms with E-state index in [9.17, 15) is 4.79 Å². The number of amides is 1. The van der Waals surface area contributed by atoms with Crippen LogP contribution in [0.2, 0.25) is 0 Å². The molecule has 0 unspecified atom stereocenters. The highest BCUT2D eigenvalue weighted by atomic mass is 16.5. The Labute approximate surface area is 112 Å². The standard InChI is InChI=1S/C14H30N2O2/c1-6-13(2,3)8-10-18-14(4,5)7-9-16-12(17)11-15/h6-11,15H2,1-5H3,(H,16,17). The number of hydrogen-bond donors (Lipinski definition) is 2. The van der Waals surface area contributed by atoms with Crippen LogP contribution in [0.5, 0.6) is 0 Å². The molecule has 18 heavy (non-hydrogen) atoms. The summed E-state index contributed by atoms with van der Waals surface area (Å²) in [6.45, 7) is 12.2. The van der Waals surface area contributed by atoms with Crippen molar-refractivity contribution in [1.29, 1.82) is 0 Å². The summed E-state index contributed by atoms with van der Waals surface area (Å²) < 4.78 is 5.90. The summed E-state index contributed by atoms with van der Waals surface area (Å²) in [5.41, 5.74) is 5.36. The topological polar surface area (TPSA) is 64.3 Å². The van der Waals surface area contributed by atoms with Crippen molar-refractivity contribution in [3.63, 3.8) is 0 Å². The zero-order chi connectivity index (χ0) is 14.2. The Kier molecular flexibility index (Phi) is 7.48. The number of carbonyl (C=O) groups is 1. The van der Waals surface area contributed by atoms with Crippen molar-refractivity contribution in [2.75, 3.05) is 19.7 Å². The molecule has 0 atom stereocenters. The Bertz CT molecular complexity index is 250. The summed E-state index contributed by atoms with van der Waals surface area (Å²) in [6.07, 6.45) is 3.01. The normalized spacial score (nSPS) is 12.6. The molecule has 0 aromatic rings. The van der Waals surface area contributed by atoms with Crippen molar-refractivity contribution in [1.82, 2.24) is 5.32 Å². The molecular weight excluding hydrogens is 228 g/mol. The van der Waals surface area contributed by atoms with Gasteiger partial charge in [-0.15, -0.1) is 0 Å². The second-order valence-electron chi connectivity index (χ2n) is 6.18. The number of ether oxygens (including phenoxy) is 1. The number of rotatable bonds is 9. The van der Waals surface area contributed by atoms with Crippen LogP contribution in [0.1, 0.15) is 53.9 Å². The van der Waals surface area contributed by atoms with Gasteiger partial charge in [-0.25, -0.2) is 0 Å². The molecule has 0 aliphatic rings. The van der Waals surface area contributed by atoms with Crippen molar-refractivity contribution in [3.05, 3.63) is 0 Å². The summed E-state index contributed by atoms with van der Waals surface area (Å²) in [6, 6.07) is 0. The van der Waals surface area contributed by atoms with Gasteiger partial charge in [-0.2, -0.15) is 0 Å². The van der Waals surface area contributed by atoms with E-state index in [2.05, 4.69) is 39.9 Å². The summed E-state index contributed by atoms with van der Waals surface area (Å²) in [5, 5.41) is 2.76. The van der Waals surface area contributed by atoms with Gasteiger partial charge < -0.3 is 15.8 Å². The molecule has 0 aliphatic heterocycles. The summed E-state index contributed by atoms with van der Waals surface area (Å²) in [7, 11) is 0. The molecule has 1 amide bonds. The average molecular weight is 258 g/mol. The zero-order valence-electron chi connectivity index (χ0n) is 12.6. The first kappa shape index (κ1) is 17.4. The van der Waals surface area contributed by atoms with E-state index in [0.29, 0.717) is 12.0 Å². The molecule has 0 aromatic heterocycles. The third-order valence-electron chi connectivity index (χ3n) is 3.46. The van der Waals surface area contributed by atoms with Gasteiger partial charge in [-0.1, -0.05) is 27.2 Å². The molecule has 108 valence electrons. The molecule has 0 aromatic carbocycles. The Balaban J connectivity index is 3.83. The molecule has 0 spiro atoms. The lowest BCUT2D eigenvalue weighted by Crippen LogP contribution is -2.36. The van der Waals surface area contributed by atoms with Gasteiger partial charge in [0.1, 0.15) is 0 Å². The third kappa shape index (κ3) is 8.48. The van der Waals surface area contributed by atoms with Gasteiger partial charge in [0.25, 0.3) is 0 Å². The predicted octanol–water partition coefficient (Wildman–Crippen LogP) is 2.07. The largest absolute Gasteiger partial charge is 0.375 e. The molecule has 0 saturated heterocycles. The van der Waals surface area contributed by atoms with E-state index in [0.717, 1.165) is 25.9 Å². The summed E-state index contributed by atoms with van der Waals surface area (Å²) in [4.78, 5) is 11.0. The fraction of sp³-hybridized carbons (Fsp3) is 0.929. The van der Waals surface area contributed by atoms with E-state index < -0.39 is 0 Å². The average Bonchev–Trinajstić information content (AvgIpc) is 2.28. The predicted molar refractivity (Wildman–Crippen MR) is 75.4 cm³/mol. The van der Waals surface area contributed by atoms with Gasteiger partial charge >= 0.3 is 0 Å². The van der Waals surface area contributed by atoms with Crippen LogP contribution in [0, 0.1) is 5.41 Å². The maximum atomic E-state index is 11.0. The highest BCUT2D eigenvalue weighted by Gasteiger charge is 2.21. The van der Waals surface area contributed by atoms with Crippen molar-refractivity contribution in [2.45, 2.75) is 59.5 Å². The highest BCUT2D eigenvalue weighted by molar-refractivity contribution is 5.77. The molecule has 0 saturated carbocycles. The van der Waals surface area contributed by atoms with E-state index in [1.54, 1.807) is 0 Å². The fourth-order valence-corrected chi connectivity index (χ4v) is 1.43. The van der Waals surface area contributed by atoms with Gasteiger partial charge in [-0.3, -0.25) is 4.79 Å². The molecule has 0 aliphatic carbocycles. The van der Waals surface area contributed by atoms with Crippen LogP contribution in [0.15, 0.2) is 0 Å². The Morgan fingerprint density at radius 3 is 2.33 bits per heavy atom. The van der Waals surface area contributed by atoms with Crippen LogP contribution in [-0.4, -0.2) is 31.2 Å². The minimum Gasteiger partial charge on any atom is -0.375 e. The van der Waals surface area contributed by atoms with Crippen LogP contribution in [-0.2, 0) is 9.53 Å². The van der Waals surface area contributed by atoms with E-state index in [4.69, 9.17) is 10.5 Å².